The molecule has 9 heteroatoms. The van der Waals surface area contributed by atoms with Crippen molar-refractivity contribution in [2.75, 3.05) is 18.4 Å². The average Bonchev–Trinajstić information content (AvgIpc) is 3.26. The highest BCUT2D eigenvalue weighted by Gasteiger charge is 2.31. The van der Waals surface area contributed by atoms with E-state index in [1.165, 1.54) is 18.3 Å². The number of piperidine rings is 1. The van der Waals surface area contributed by atoms with Crippen LogP contribution < -0.4 is 5.32 Å². The van der Waals surface area contributed by atoms with E-state index in [1.807, 2.05) is 6.92 Å². The quantitative estimate of drug-likeness (QED) is 0.656. The third kappa shape index (κ3) is 4.66. The molecular formula is C21H21ClFN5O2. The molecule has 1 N–H and O–H groups in total. The minimum absolute atomic E-state index is 0.0318. The molecule has 30 heavy (non-hydrogen) atoms. The Kier molecular flexibility index (Phi) is 6.06. The summed E-state index contributed by atoms with van der Waals surface area (Å²) in [6, 6.07) is 8.97. The smallest absolute Gasteiger partial charge is 0.242 e. The Hall–Kier alpha value is -2.84. The molecule has 3 heterocycles. The molecule has 156 valence electrons. The highest BCUT2D eigenvalue weighted by molar-refractivity contribution is 6.30. The third-order valence-corrected chi connectivity index (χ3v) is 5.48. The van der Waals surface area contributed by atoms with Crippen LogP contribution in [-0.2, 0) is 4.79 Å². The number of aromatic nitrogens is 3. The number of hydrogen-bond acceptors (Lipinski definition) is 6. The molecule has 0 radical (unpaired) electrons. The Labute approximate surface area is 178 Å². The van der Waals surface area contributed by atoms with Crippen molar-refractivity contribution >= 4 is 23.3 Å². The van der Waals surface area contributed by atoms with Gasteiger partial charge in [0.25, 0.3) is 0 Å². The largest absolute Gasteiger partial charge is 0.339 e. The summed E-state index contributed by atoms with van der Waals surface area (Å²) < 4.78 is 18.6. The van der Waals surface area contributed by atoms with E-state index < -0.39 is 0 Å². The Bertz CT molecular complexity index is 1010. The van der Waals surface area contributed by atoms with E-state index in [9.17, 15) is 9.18 Å². The predicted octanol–water partition coefficient (Wildman–Crippen LogP) is 4.13. The highest BCUT2D eigenvalue weighted by atomic mass is 35.5. The molecule has 4 rings (SSSR count). The van der Waals surface area contributed by atoms with Crippen LogP contribution in [0.4, 0.5) is 10.2 Å². The van der Waals surface area contributed by atoms with Crippen LogP contribution in [-0.4, -0.2) is 45.1 Å². The van der Waals surface area contributed by atoms with Gasteiger partial charge in [-0.3, -0.25) is 9.69 Å². The van der Waals surface area contributed by atoms with Gasteiger partial charge in [-0.1, -0.05) is 16.8 Å². The molecule has 0 aliphatic carbocycles. The van der Waals surface area contributed by atoms with Gasteiger partial charge in [0.05, 0.1) is 17.0 Å². The van der Waals surface area contributed by atoms with Gasteiger partial charge >= 0.3 is 0 Å². The zero-order valence-electron chi connectivity index (χ0n) is 16.4. The standard InChI is InChI=1S/C21H21ClFN5O2/c1-13(20(29)25-18-9-6-16(22)11-24-18)28-10-2-3-15(12-28)21-26-19(27-30-21)14-4-7-17(23)8-5-14/h4-9,11,13,15H,2-3,10,12H2,1H3,(H,24,25,29). The first kappa shape index (κ1) is 20.4. The molecule has 0 bridgehead atoms. The number of nitrogens with zero attached hydrogens (tertiary/aromatic N) is 4. The lowest BCUT2D eigenvalue weighted by atomic mass is 9.96. The molecule has 1 aliphatic heterocycles. The number of halogens is 2. The van der Waals surface area contributed by atoms with Crippen LogP contribution in [0.2, 0.25) is 5.02 Å². The maximum atomic E-state index is 13.1. The van der Waals surface area contributed by atoms with Gasteiger partial charge in [0, 0.05) is 18.3 Å². The zero-order valence-corrected chi connectivity index (χ0v) is 17.1. The summed E-state index contributed by atoms with van der Waals surface area (Å²) in [5.41, 5.74) is 0.697. The van der Waals surface area contributed by atoms with Crippen molar-refractivity contribution in [3.8, 4) is 11.4 Å². The monoisotopic (exact) mass is 429 g/mol. The fraction of sp³-hybridized carbons (Fsp3) is 0.333. The van der Waals surface area contributed by atoms with Crippen molar-refractivity contribution < 1.29 is 13.7 Å². The number of likely N-dealkylation sites (tertiary alicyclic amines) is 1. The number of carbonyl (C=O) groups is 1. The lowest BCUT2D eigenvalue weighted by Gasteiger charge is -2.34. The fourth-order valence-electron chi connectivity index (χ4n) is 3.52. The second-order valence-electron chi connectivity index (χ2n) is 7.32. The van der Waals surface area contributed by atoms with Crippen LogP contribution in [0.1, 0.15) is 31.6 Å². The predicted molar refractivity (Wildman–Crippen MR) is 111 cm³/mol. The Balaban J connectivity index is 1.41. The van der Waals surface area contributed by atoms with E-state index in [1.54, 1.807) is 24.3 Å². The highest BCUT2D eigenvalue weighted by Crippen LogP contribution is 2.28. The molecule has 3 aromatic rings. The summed E-state index contributed by atoms with van der Waals surface area (Å²) in [5, 5.41) is 7.37. The zero-order chi connectivity index (χ0) is 21.1. The second-order valence-corrected chi connectivity index (χ2v) is 7.76. The molecule has 1 saturated heterocycles. The summed E-state index contributed by atoms with van der Waals surface area (Å²) in [4.78, 5) is 23.4. The number of rotatable bonds is 5. The van der Waals surface area contributed by atoms with E-state index in [0.717, 1.165) is 19.4 Å². The van der Waals surface area contributed by atoms with Crippen LogP contribution in [0.5, 0.6) is 0 Å². The van der Waals surface area contributed by atoms with Crippen LogP contribution >= 0.6 is 11.6 Å². The Morgan fingerprint density at radius 1 is 1.30 bits per heavy atom. The number of hydrogen-bond donors (Lipinski definition) is 1. The molecule has 1 amide bonds. The number of nitrogens with one attached hydrogen (secondary N) is 1. The molecule has 2 atom stereocenters. The van der Waals surface area contributed by atoms with Crippen LogP contribution in [0.25, 0.3) is 11.4 Å². The molecular weight excluding hydrogens is 409 g/mol. The van der Waals surface area contributed by atoms with Crippen molar-refractivity contribution in [2.24, 2.45) is 0 Å². The number of pyridine rings is 1. The van der Waals surface area contributed by atoms with E-state index in [2.05, 4.69) is 25.3 Å². The van der Waals surface area contributed by atoms with Crippen LogP contribution in [0, 0.1) is 5.82 Å². The van der Waals surface area contributed by atoms with E-state index in [4.69, 9.17) is 16.1 Å². The Morgan fingerprint density at radius 3 is 2.83 bits per heavy atom. The summed E-state index contributed by atoms with van der Waals surface area (Å²) in [6.07, 6.45) is 3.30. The van der Waals surface area contributed by atoms with Gasteiger partial charge in [0.2, 0.25) is 17.6 Å². The van der Waals surface area contributed by atoms with Crippen molar-refractivity contribution in [3.63, 3.8) is 0 Å². The van der Waals surface area contributed by atoms with E-state index in [-0.39, 0.29) is 23.7 Å². The van der Waals surface area contributed by atoms with E-state index in [0.29, 0.717) is 34.7 Å². The number of benzene rings is 1. The van der Waals surface area contributed by atoms with Gasteiger partial charge in [0.1, 0.15) is 11.6 Å². The summed E-state index contributed by atoms with van der Waals surface area (Å²) in [7, 11) is 0. The molecule has 1 aliphatic rings. The molecule has 2 unspecified atom stereocenters. The van der Waals surface area contributed by atoms with Gasteiger partial charge in [-0.2, -0.15) is 4.98 Å². The number of amides is 1. The first-order chi connectivity index (χ1) is 14.5. The van der Waals surface area contributed by atoms with Crippen LogP contribution in [0.3, 0.4) is 0 Å². The summed E-state index contributed by atoms with van der Waals surface area (Å²) in [6.45, 7) is 3.30. The minimum atomic E-state index is -0.343. The maximum absolute atomic E-state index is 13.1. The first-order valence-corrected chi connectivity index (χ1v) is 10.1. The third-order valence-electron chi connectivity index (χ3n) is 5.25. The van der Waals surface area contributed by atoms with Crippen molar-refractivity contribution in [3.05, 3.63) is 59.3 Å². The fourth-order valence-corrected chi connectivity index (χ4v) is 3.64. The summed E-state index contributed by atoms with van der Waals surface area (Å²) >= 11 is 5.83. The van der Waals surface area contributed by atoms with Crippen molar-refractivity contribution in [1.29, 1.82) is 0 Å². The second kappa shape index (κ2) is 8.89. The van der Waals surface area contributed by atoms with E-state index >= 15 is 0 Å². The first-order valence-electron chi connectivity index (χ1n) is 9.75. The average molecular weight is 430 g/mol. The molecule has 0 saturated carbocycles. The van der Waals surface area contributed by atoms with Gasteiger partial charge in [-0.15, -0.1) is 0 Å². The van der Waals surface area contributed by atoms with Crippen molar-refractivity contribution in [2.45, 2.75) is 31.7 Å². The minimum Gasteiger partial charge on any atom is -0.339 e. The molecule has 2 aromatic heterocycles. The van der Waals surface area contributed by atoms with Crippen LogP contribution in [0.15, 0.2) is 47.1 Å². The molecule has 0 spiro atoms. The van der Waals surface area contributed by atoms with Gasteiger partial charge in [-0.05, 0) is 62.7 Å². The van der Waals surface area contributed by atoms with Gasteiger partial charge in [0.15, 0.2) is 0 Å². The molecule has 7 nitrogen and oxygen atoms in total. The topological polar surface area (TPSA) is 84.2 Å². The molecule has 1 fully saturated rings. The van der Waals surface area contributed by atoms with Crippen molar-refractivity contribution in [1.82, 2.24) is 20.0 Å². The Morgan fingerprint density at radius 2 is 2.10 bits per heavy atom. The van der Waals surface area contributed by atoms with Gasteiger partial charge in [-0.25, -0.2) is 9.37 Å². The number of anilines is 1. The van der Waals surface area contributed by atoms with Gasteiger partial charge < -0.3 is 9.84 Å². The SMILES string of the molecule is CC(C(=O)Nc1ccc(Cl)cn1)N1CCCC(c2nc(-c3ccc(F)cc3)no2)C1. The normalized spacial score (nSPS) is 18.2. The maximum Gasteiger partial charge on any atom is 0.242 e. The summed E-state index contributed by atoms with van der Waals surface area (Å²) in [5.74, 6) is 1.01. The molecule has 1 aromatic carbocycles. The lowest BCUT2D eigenvalue weighted by molar-refractivity contribution is -0.121. The number of carbonyl (C=O) groups excluding carboxylic acids is 1. The lowest BCUT2D eigenvalue weighted by Crippen LogP contribution is -2.46.